The Morgan fingerprint density at radius 3 is 1.58 bits per heavy atom. The van der Waals surface area contributed by atoms with Crippen molar-refractivity contribution in [3.63, 3.8) is 0 Å². The zero-order valence-electron chi connectivity index (χ0n) is 28.8. The van der Waals surface area contributed by atoms with Gasteiger partial charge in [-0.25, -0.2) is 0 Å². The molecule has 1 atom stereocenters. The molecule has 4 nitrogen and oxygen atoms in total. The Morgan fingerprint density at radius 2 is 1.07 bits per heavy atom. The minimum Gasteiger partial charge on any atom is -0.459 e. The lowest BCUT2D eigenvalue weighted by atomic mass is 9.79. The molecule has 1 unspecified atom stereocenters. The molecule has 0 amide bonds. The Morgan fingerprint density at radius 1 is 0.618 bits per heavy atom. The van der Waals surface area contributed by atoms with Gasteiger partial charge in [-0.2, -0.15) is 12.6 Å². The minimum atomic E-state index is -1.91. The van der Waals surface area contributed by atoms with Crippen LogP contribution in [0.1, 0.15) is 59.5 Å². The third-order valence-corrected chi connectivity index (χ3v) is 14.3. The molecule has 55 heavy (non-hydrogen) atoms. The van der Waals surface area contributed by atoms with Crippen LogP contribution in [0.5, 0.6) is 0 Å². The molecular weight excluding hydrogens is 797 g/mol. The molecule has 0 fully saturated rings. The molecule has 3 aliphatic rings. The van der Waals surface area contributed by atoms with Crippen molar-refractivity contribution >= 4 is 111 Å². The van der Waals surface area contributed by atoms with Crippen LogP contribution in [0.3, 0.4) is 0 Å². The van der Waals surface area contributed by atoms with Crippen LogP contribution in [0.2, 0.25) is 0 Å². The van der Waals surface area contributed by atoms with Crippen LogP contribution in [0.4, 0.5) is 0 Å². The normalized spacial score (nSPS) is 16.8. The zero-order valence-corrected chi connectivity index (χ0v) is 33.8. The summed E-state index contributed by atoms with van der Waals surface area (Å²) in [5.41, 5.74) is 6.27. The number of thiocarbonyl (C=S) groups is 3. The monoisotopic (exact) mass is 824 g/mol. The van der Waals surface area contributed by atoms with Crippen molar-refractivity contribution in [2.45, 2.75) is 23.9 Å². The first-order valence-corrected chi connectivity index (χ1v) is 20.8. The first-order valence-electron chi connectivity index (χ1n) is 17.4. The molecule has 268 valence electrons. The maximum absolute atomic E-state index is 14.9. The van der Waals surface area contributed by atoms with E-state index >= 15 is 0 Å². The summed E-state index contributed by atoms with van der Waals surface area (Å²) in [5, 5.41) is -0.212. The van der Waals surface area contributed by atoms with Crippen molar-refractivity contribution in [2.24, 2.45) is 0 Å². The predicted octanol–water partition coefficient (Wildman–Crippen LogP) is 10.9. The summed E-state index contributed by atoms with van der Waals surface area (Å²) in [6, 6.07) is 38.5. The Balaban J connectivity index is 1.20. The molecule has 2 aromatic heterocycles. The molecule has 2 heterocycles. The predicted molar refractivity (Wildman–Crippen MR) is 237 cm³/mol. The van der Waals surface area contributed by atoms with Gasteiger partial charge in [-0.15, -0.1) is 22.7 Å². The summed E-state index contributed by atoms with van der Waals surface area (Å²) in [6.07, 6.45) is 4.00. The van der Waals surface area contributed by atoms with Crippen molar-refractivity contribution < 1.29 is 19.1 Å². The van der Waals surface area contributed by atoms with Crippen molar-refractivity contribution in [3.8, 4) is 9.75 Å². The van der Waals surface area contributed by atoms with Crippen molar-refractivity contribution in [1.29, 1.82) is 0 Å². The molecule has 9 rings (SSSR count). The van der Waals surface area contributed by atoms with Gasteiger partial charge in [0.1, 0.15) is 13.2 Å². The summed E-state index contributed by atoms with van der Waals surface area (Å²) in [7, 11) is 0. The number of allylic oxidation sites excluding steroid dienone is 1. The molecule has 3 aliphatic carbocycles. The number of fused-ring (bicyclic) bond motifs is 5. The summed E-state index contributed by atoms with van der Waals surface area (Å²) < 4.78 is 12.2. The van der Waals surface area contributed by atoms with E-state index in [0.29, 0.717) is 20.9 Å². The number of esters is 2. The molecule has 0 saturated heterocycles. The first-order chi connectivity index (χ1) is 26.8. The topological polar surface area (TPSA) is 52.6 Å². The second kappa shape index (κ2) is 14.4. The van der Waals surface area contributed by atoms with E-state index in [2.05, 4.69) is 0 Å². The number of benzene rings is 4. The van der Waals surface area contributed by atoms with Crippen LogP contribution in [-0.2, 0) is 37.7 Å². The van der Waals surface area contributed by atoms with Gasteiger partial charge in [0.15, 0.2) is 0 Å². The Kier molecular flexibility index (Phi) is 9.44. The maximum atomic E-state index is 14.9. The molecule has 0 radical (unpaired) electrons. The quantitative estimate of drug-likeness (QED) is 0.0539. The second-order valence-electron chi connectivity index (χ2n) is 13.3. The smallest absolute Gasteiger partial charge is 0.333 e. The van der Waals surface area contributed by atoms with Gasteiger partial charge in [-0.05, 0) is 52.1 Å². The van der Waals surface area contributed by atoms with Crippen molar-refractivity contribution in [2.75, 3.05) is 0 Å². The highest BCUT2D eigenvalue weighted by Gasteiger charge is 2.60. The lowest BCUT2D eigenvalue weighted by Gasteiger charge is -2.26. The van der Waals surface area contributed by atoms with Gasteiger partial charge in [-0.1, -0.05) is 146 Å². The number of rotatable bonds is 8. The van der Waals surface area contributed by atoms with Gasteiger partial charge in [0.05, 0.1) is 24.7 Å². The Bertz CT molecular complexity index is 2570. The van der Waals surface area contributed by atoms with E-state index in [9.17, 15) is 9.59 Å². The molecule has 10 heteroatoms. The Hall–Kier alpha value is -4.68. The van der Waals surface area contributed by atoms with E-state index in [0.717, 1.165) is 68.9 Å². The highest BCUT2D eigenvalue weighted by molar-refractivity contribution is 7.84. The van der Waals surface area contributed by atoms with Crippen LogP contribution in [0, 0.1) is 0 Å². The van der Waals surface area contributed by atoms with E-state index in [-0.39, 0.29) is 18.5 Å². The van der Waals surface area contributed by atoms with E-state index in [1.165, 1.54) is 22.7 Å². The first kappa shape index (κ1) is 36.0. The second-order valence-corrected chi connectivity index (χ2v) is 17.2. The van der Waals surface area contributed by atoms with Crippen LogP contribution in [0.15, 0.2) is 132 Å². The van der Waals surface area contributed by atoms with Crippen LogP contribution in [-0.4, -0.2) is 26.5 Å². The number of thiophene rings is 2. The fraction of sp³-hybridized carbons (Fsp3) is 0.0889. The van der Waals surface area contributed by atoms with Crippen LogP contribution in [0.25, 0.3) is 21.9 Å². The number of hydrogen-bond donors (Lipinski definition) is 1. The van der Waals surface area contributed by atoms with Crippen molar-refractivity contribution in [3.05, 3.63) is 187 Å². The zero-order chi connectivity index (χ0) is 37.8. The van der Waals surface area contributed by atoms with Gasteiger partial charge in [-0.3, -0.25) is 9.59 Å². The standard InChI is InChI=1S/C45H28O4S6/c46-43(48-23-25-11-3-1-4-12-25)45(44(47)49-24-26-13-5-2-6-14-26)35-21-27(19-33-37(50)29-15-7-8-16-30(29)38(33)51)54-41(35)42-36(45)22-28(55-42)20-34-39(52)31-17-9-10-18-32(31)40(34)53/h1-22,37,50H,23-24H2/b33-19-. The number of ether oxygens (including phenoxy) is 2. The fourth-order valence-corrected chi connectivity index (χ4v) is 11.5. The molecule has 4 aromatic carbocycles. The van der Waals surface area contributed by atoms with Gasteiger partial charge in [0, 0.05) is 42.4 Å². The fourth-order valence-electron chi connectivity index (χ4n) is 7.42. The molecule has 0 spiro atoms. The van der Waals surface area contributed by atoms with E-state index in [1.807, 2.05) is 133 Å². The molecule has 6 aromatic rings. The molecular formula is C45H28O4S6. The molecule has 0 N–H and O–H groups in total. The minimum absolute atomic E-state index is 0.0190. The van der Waals surface area contributed by atoms with Gasteiger partial charge in [0.2, 0.25) is 5.41 Å². The van der Waals surface area contributed by atoms with E-state index in [1.54, 1.807) is 0 Å². The van der Waals surface area contributed by atoms with Gasteiger partial charge in [0.25, 0.3) is 0 Å². The number of hydrogen-bond acceptors (Lipinski definition) is 10. The molecule has 0 aliphatic heterocycles. The highest BCUT2D eigenvalue weighted by Crippen LogP contribution is 2.58. The summed E-state index contributed by atoms with van der Waals surface area (Å²) in [6.45, 7) is -0.0381. The lowest BCUT2D eigenvalue weighted by Crippen LogP contribution is -2.45. The SMILES string of the molecule is O=C(OCc1ccccc1)C1(C(=O)OCc2ccccc2)c2cc(C=C3C(=S)c4ccccc4C3=S)sc2-c2sc(/C=C3\C(=S)c4ccccc4C3S)cc21. The summed E-state index contributed by atoms with van der Waals surface area (Å²) in [4.78, 5) is 35.1. The van der Waals surface area contributed by atoms with Gasteiger partial charge < -0.3 is 9.47 Å². The highest BCUT2D eigenvalue weighted by atomic mass is 32.1. The summed E-state index contributed by atoms with van der Waals surface area (Å²) >= 11 is 25.7. The van der Waals surface area contributed by atoms with E-state index in [4.69, 9.17) is 58.8 Å². The number of thiol groups is 1. The lowest BCUT2D eigenvalue weighted by molar-refractivity contribution is -0.164. The van der Waals surface area contributed by atoms with Crippen molar-refractivity contribution in [1.82, 2.24) is 0 Å². The summed E-state index contributed by atoms with van der Waals surface area (Å²) in [5.74, 6) is -1.42. The maximum Gasteiger partial charge on any atom is 0.333 e. The average molecular weight is 825 g/mol. The average Bonchev–Trinajstić information content (AvgIpc) is 3.99. The third-order valence-electron chi connectivity index (χ3n) is 10.1. The van der Waals surface area contributed by atoms with Gasteiger partial charge >= 0.3 is 11.9 Å². The number of carbonyl (C=O) groups excluding carboxylic acids is 2. The number of carbonyl (C=O) groups is 2. The van der Waals surface area contributed by atoms with Crippen LogP contribution < -0.4 is 0 Å². The molecule has 0 saturated carbocycles. The van der Waals surface area contributed by atoms with Crippen LogP contribution >= 0.6 is 72.0 Å². The largest absolute Gasteiger partial charge is 0.459 e. The third kappa shape index (κ3) is 6.03. The van der Waals surface area contributed by atoms with E-state index < -0.39 is 17.4 Å². The Labute approximate surface area is 347 Å². The molecule has 0 bridgehead atoms.